The molecule has 0 N–H and O–H groups in total. The van der Waals surface area contributed by atoms with E-state index in [4.69, 9.17) is 4.52 Å². The minimum Gasteiger partial charge on any atom is -0.355 e. The van der Waals surface area contributed by atoms with Crippen LogP contribution in [0.3, 0.4) is 0 Å². The summed E-state index contributed by atoms with van der Waals surface area (Å²) >= 11 is 0. The minimum atomic E-state index is 0.466. The van der Waals surface area contributed by atoms with Gasteiger partial charge in [-0.25, -0.2) is 4.98 Å². The summed E-state index contributed by atoms with van der Waals surface area (Å²) in [5.74, 6) is 1.85. The van der Waals surface area contributed by atoms with Crippen molar-refractivity contribution in [3.63, 3.8) is 0 Å². The monoisotopic (exact) mass is 356 g/mol. The standard InChI is InChI=1S/C22H20N4O/c1-16-10-12-18(13-11-16)20-24-22(27-25-20)19-9-6-14-23-21(19)26(2)15-17-7-4-3-5-8-17/h3-14H,15H2,1-2H3. The van der Waals surface area contributed by atoms with E-state index in [1.54, 1.807) is 6.20 Å². The van der Waals surface area contributed by atoms with Gasteiger partial charge in [-0.3, -0.25) is 0 Å². The fourth-order valence-corrected chi connectivity index (χ4v) is 2.95. The van der Waals surface area contributed by atoms with E-state index >= 15 is 0 Å². The lowest BCUT2D eigenvalue weighted by molar-refractivity contribution is 0.432. The van der Waals surface area contributed by atoms with Gasteiger partial charge in [-0.2, -0.15) is 4.98 Å². The van der Waals surface area contributed by atoms with Crippen molar-refractivity contribution in [1.82, 2.24) is 15.1 Å². The summed E-state index contributed by atoms with van der Waals surface area (Å²) in [4.78, 5) is 11.2. The molecule has 0 radical (unpaired) electrons. The highest BCUT2D eigenvalue weighted by Crippen LogP contribution is 2.29. The van der Waals surface area contributed by atoms with E-state index in [0.29, 0.717) is 11.7 Å². The average molecular weight is 356 g/mol. The maximum Gasteiger partial charge on any atom is 0.261 e. The molecule has 0 fully saturated rings. The molecule has 0 aliphatic rings. The van der Waals surface area contributed by atoms with Gasteiger partial charge in [0.25, 0.3) is 5.89 Å². The molecule has 5 nitrogen and oxygen atoms in total. The van der Waals surface area contributed by atoms with Crippen molar-refractivity contribution in [2.24, 2.45) is 0 Å². The molecule has 5 heteroatoms. The summed E-state index contributed by atoms with van der Waals surface area (Å²) in [6, 6.07) is 22.2. The van der Waals surface area contributed by atoms with Crippen LogP contribution in [0.15, 0.2) is 77.4 Å². The van der Waals surface area contributed by atoms with Gasteiger partial charge in [0.15, 0.2) is 0 Å². The van der Waals surface area contributed by atoms with Gasteiger partial charge in [0.2, 0.25) is 5.82 Å². The quantitative estimate of drug-likeness (QED) is 0.517. The first-order valence-electron chi connectivity index (χ1n) is 8.82. The molecule has 0 amide bonds. The van der Waals surface area contributed by atoms with Crippen molar-refractivity contribution in [3.05, 3.63) is 84.1 Å². The maximum atomic E-state index is 5.55. The fourth-order valence-electron chi connectivity index (χ4n) is 2.95. The molecule has 2 aromatic heterocycles. The van der Waals surface area contributed by atoms with Gasteiger partial charge in [0, 0.05) is 25.4 Å². The summed E-state index contributed by atoms with van der Waals surface area (Å²) < 4.78 is 5.55. The van der Waals surface area contributed by atoms with Gasteiger partial charge in [0.05, 0.1) is 5.56 Å². The second kappa shape index (κ2) is 7.41. The van der Waals surface area contributed by atoms with Crippen LogP contribution in [-0.2, 0) is 6.54 Å². The second-order valence-corrected chi connectivity index (χ2v) is 6.51. The molecule has 0 atom stereocenters. The number of aryl methyl sites for hydroxylation is 1. The van der Waals surface area contributed by atoms with Gasteiger partial charge in [-0.1, -0.05) is 65.3 Å². The molecule has 4 aromatic rings. The molecule has 27 heavy (non-hydrogen) atoms. The highest BCUT2D eigenvalue weighted by atomic mass is 16.5. The third kappa shape index (κ3) is 3.72. The normalized spacial score (nSPS) is 10.7. The van der Waals surface area contributed by atoms with Crippen LogP contribution in [-0.4, -0.2) is 22.2 Å². The van der Waals surface area contributed by atoms with Gasteiger partial charge in [-0.05, 0) is 24.6 Å². The van der Waals surface area contributed by atoms with E-state index in [0.717, 1.165) is 23.5 Å². The van der Waals surface area contributed by atoms with E-state index in [1.807, 2.05) is 61.6 Å². The van der Waals surface area contributed by atoms with Crippen LogP contribution in [0, 0.1) is 6.92 Å². The number of rotatable bonds is 5. The van der Waals surface area contributed by atoms with E-state index < -0.39 is 0 Å². The molecule has 0 aliphatic heterocycles. The Morgan fingerprint density at radius 1 is 0.926 bits per heavy atom. The zero-order valence-electron chi connectivity index (χ0n) is 15.3. The summed E-state index contributed by atoms with van der Waals surface area (Å²) in [7, 11) is 2.01. The Balaban J connectivity index is 1.64. The first-order chi connectivity index (χ1) is 13.2. The molecular weight excluding hydrogens is 336 g/mol. The van der Waals surface area contributed by atoms with Gasteiger partial charge in [-0.15, -0.1) is 0 Å². The van der Waals surface area contributed by atoms with Gasteiger partial charge in [0.1, 0.15) is 5.82 Å². The van der Waals surface area contributed by atoms with Crippen molar-refractivity contribution in [1.29, 1.82) is 0 Å². The summed E-state index contributed by atoms with van der Waals surface area (Å²) in [6.07, 6.45) is 1.78. The lowest BCUT2D eigenvalue weighted by Crippen LogP contribution is -2.18. The predicted molar refractivity (Wildman–Crippen MR) is 106 cm³/mol. The molecule has 134 valence electrons. The molecule has 2 heterocycles. The van der Waals surface area contributed by atoms with E-state index in [-0.39, 0.29) is 0 Å². The number of anilines is 1. The predicted octanol–water partition coefficient (Wildman–Crippen LogP) is 4.74. The van der Waals surface area contributed by atoms with Crippen molar-refractivity contribution in [2.75, 3.05) is 11.9 Å². The molecule has 0 saturated heterocycles. The Labute approximate surface area is 158 Å². The van der Waals surface area contributed by atoms with Crippen molar-refractivity contribution in [2.45, 2.75) is 13.5 Å². The van der Waals surface area contributed by atoms with Crippen molar-refractivity contribution in [3.8, 4) is 22.8 Å². The van der Waals surface area contributed by atoms with Crippen LogP contribution in [0.1, 0.15) is 11.1 Å². The highest BCUT2D eigenvalue weighted by molar-refractivity contribution is 5.71. The van der Waals surface area contributed by atoms with E-state index in [1.165, 1.54) is 11.1 Å². The molecule has 0 unspecified atom stereocenters. The second-order valence-electron chi connectivity index (χ2n) is 6.51. The summed E-state index contributed by atoms with van der Waals surface area (Å²) in [6.45, 7) is 2.79. The first-order valence-corrected chi connectivity index (χ1v) is 8.82. The number of benzene rings is 2. The molecule has 4 rings (SSSR count). The minimum absolute atomic E-state index is 0.466. The topological polar surface area (TPSA) is 55.1 Å². The Morgan fingerprint density at radius 3 is 2.48 bits per heavy atom. The SMILES string of the molecule is Cc1ccc(-c2noc(-c3cccnc3N(C)Cc3ccccc3)n2)cc1. The lowest BCUT2D eigenvalue weighted by atomic mass is 10.1. The van der Waals surface area contributed by atoms with Crippen LogP contribution < -0.4 is 4.90 Å². The number of aromatic nitrogens is 3. The Kier molecular flexibility index (Phi) is 4.66. The fraction of sp³-hybridized carbons (Fsp3) is 0.136. The van der Waals surface area contributed by atoms with Crippen molar-refractivity contribution < 1.29 is 4.52 Å². The van der Waals surface area contributed by atoms with Crippen LogP contribution in [0.4, 0.5) is 5.82 Å². The van der Waals surface area contributed by atoms with E-state index in [9.17, 15) is 0 Å². The third-order valence-corrected chi connectivity index (χ3v) is 4.38. The molecule has 2 aromatic carbocycles. The van der Waals surface area contributed by atoms with Crippen LogP contribution >= 0.6 is 0 Å². The van der Waals surface area contributed by atoms with Gasteiger partial charge < -0.3 is 9.42 Å². The molecule has 0 aliphatic carbocycles. The zero-order chi connectivity index (χ0) is 18.6. The largest absolute Gasteiger partial charge is 0.355 e. The number of nitrogens with zero attached hydrogens (tertiary/aromatic N) is 4. The maximum absolute atomic E-state index is 5.55. The smallest absolute Gasteiger partial charge is 0.261 e. The summed E-state index contributed by atoms with van der Waals surface area (Å²) in [5.41, 5.74) is 4.16. The Bertz CT molecular complexity index is 1030. The number of hydrogen-bond acceptors (Lipinski definition) is 5. The van der Waals surface area contributed by atoms with Crippen LogP contribution in [0.5, 0.6) is 0 Å². The van der Waals surface area contributed by atoms with Crippen LogP contribution in [0.2, 0.25) is 0 Å². The van der Waals surface area contributed by atoms with Gasteiger partial charge >= 0.3 is 0 Å². The molecule has 0 spiro atoms. The van der Waals surface area contributed by atoms with Crippen molar-refractivity contribution >= 4 is 5.82 Å². The summed E-state index contributed by atoms with van der Waals surface area (Å²) in [5, 5.41) is 4.14. The Hall–Kier alpha value is -3.47. The van der Waals surface area contributed by atoms with E-state index in [2.05, 4.69) is 39.1 Å². The zero-order valence-corrected chi connectivity index (χ0v) is 15.3. The average Bonchev–Trinajstić information content (AvgIpc) is 3.19. The molecule has 0 saturated carbocycles. The lowest BCUT2D eigenvalue weighted by Gasteiger charge is -2.20. The van der Waals surface area contributed by atoms with Crippen LogP contribution in [0.25, 0.3) is 22.8 Å². The first kappa shape index (κ1) is 17.0. The highest BCUT2D eigenvalue weighted by Gasteiger charge is 2.17. The number of hydrogen-bond donors (Lipinski definition) is 0. The Morgan fingerprint density at radius 2 is 1.70 bits per heavy atom. The number of pyridine rings is 1. The molecular formula is C22H20N4O. The molecule has 0 bridgehead atoms. The third-order valence-electron chi connectivity index (χ3n) is 4.38.